The van der Waals surface area contributed by atoms with Crippen molar-refractivity contribution in [2.75, 3.05) is 0 Å². The lowest BCUT2D eigenvalue weighted by Crippen LogP contribution is -2.32. The van der Waals surface area contributed by atoms with Crippen LogP contribution in [0.25, 0.3) is 0 Å². The molecule has 0 saturated heterocycles. The van der Waals surface area contributed by atoms with Crippen molar-refractivity contribution in [1.82, 2.24) is 0 Å². The maximum Gasteiger partial charge on any atom is 0.306 e. The summed E-state index contributed by atoms with van der Waals surface area (Å²) in [5.41, 5.74) is 5.74. The molecule has 0 aromatic heterocycles. The second kappa shape index (κ2) is 9.72. The summed E-state index contributed by atoms with van der Waals surface area (Å²) in [5.74, 6) is -6.56. The Labute approximate surface area is 126 Å². The summed E-state index contributed by atoms with van der Waals surface area (Å²) in [7, 11) is 0. The predicted molar refractivity (Wildman–Crippen MR) is 73.2 cm³/mol. The zero-order valence-electron chi connectivity index (χ0n) is 12.0. The van der Waals surface area contributed by atoms with Crippen molar-refractivity contribution in [2.24, 2.45) is 17.6 Å². The molecule has 0 saturated carbocycles. The molecule has 0 rings (SSSR count). The standard InChI is InChI=1S/C13H21NO8/c14-9(5-7(12(19)20)1-3-10(15)16)6-8(13(21)22)2-4-11(17)18/h7-9H,1-6,14H2,(H,15,16)(H,17,18)(H,19,20)(H,21,22). The maximum atomic E-state index is 11.0. The summed E-state index contributed by atoms with van der Waals surface area (Å²) in [6.07, 6.45) is -0.925. The highest BCUT2D eigenvalue weighted by Crippen LogP contribution is 2.20. The Hall–Kier alpha value is -2.16. The molecule has 0 aliphatic rings. The summed E-state index contributed by atoms with van der Waals surface area (Å²) >= 11 is 0. The summed E-state index contributed by atoms with van der Waals surface area (Å²) < 4.78 is 0. The van der Waals surface area contributed by atoms with E-state index in [4.69, 9.17) is 26.2 Å². The molecule has 126 valence electrons. The molecule has 2 atom stereocenters. The van der Waals surface area contributed by atoms with Crippen molar-refractivity contribution >= 4 is 23.9 Å². The number of carboxylic acid groups (broad SMARTS) is 4. The van der Waals surface area contributed by atoms with Gasteiger partial charge in [-0.25, -0.2) is 0 Å². The van der Waals surface area contributed by atoms with Crippen LogP contribution in [0.5, 0.6) is 0 Å². The number of hydrogen-bond donors (Lipinski definition) is 5. The molecule has 0 aromatic rings. The second-order valence-corrected chi connectivity index (χ2v) is 5.17. The third-order valence-electron chi connectivity index (χ3n) is 3.29. The van der Waals surface area contributed by atoms with Crippen LogP contribution < -0.4 is 5.73 Å². The zero-order chi connectivity index (χ0) is 17.3. The van der Waals surface area contributed by atoms with Gasteiger partial charge in [0.2, 0.25) is 0 Å². The molecule has 0 aromatic carbocycles. The van der Waals surface area contributed by atoms with Gasteiger partial charge in [-0.3, -0.25) is 19.2 Å². The molecule has 0 radical (unpaired) electrons. The fraction of sp³-hybridized carbons (Fsp3) is 0.692. The maximum absolute atomic E-state index is 11.0. The molecule has 22 heavy (non-hydrogen) atoms. The molecular weight excluding hydrogens is 298 g/mol. The minimum absolute atomic E-state index is 0.0561. The molecule has 0 bridgehead atoms. The minimum Gasteiger partial charge on any atom is -0.481 e. The molecular formula is C13H21NO8. The first-order valence-electron chi connectivity index (χ1n) is 6.78. The Morgan fingerprint density at radius 3 is 1.27 bits per heavy atom. The summed E-state index contributed by atoms with van der Waals surface area (Å²) in [4.78, 5) is 43.0. The highest BCUT2D eigenvalue weighted by Gasteiger charge is 2.26. The first-order chi connectivity index (χ1) is 10.1. The lowest BCUT2D eigenvalue weighted by molar-refractivity contribution is -0.144. The van der Waals surface area contributed by atoms with E-state index in [-0.39, 0.29) is 38.5 Å². The molecule has 0 aliphatic heterocycles. The Bertz CT molecular complexity index is 384. The highest BCUT2D eigenvalue weighted by molar-refractivity contribution is 5.73. The third-order valence-corrected chi connectivity index (χ3v) is 3.29. The SMILES string of the molecule is NC(CC(CCC(=O)O)C(=O)O)CC(CCC(=O)O)C(=O)O. The van der Waals surface area contributed by atoms with Crippen LogP contribution in [-0.2, 0) is 19.2 Å². The third kappa shape index (κ3) is 8.90. The van der Waals surface area contributed by atoms with Gasteiger partial charge >= 0.3 is 23.9 Å². The largest absolute Gasteiger partial charge is 0.481 e. The molecule has 0 aliphatic carbocycles. The topological polar surface area (TPSA) is 175 Å². The molecule has 2 unspecified atom stereocenters. The van der Waals surface area contributed by atoms with Gasteiger partial charge in [0.1, 0.15) is 0 Å². The Kier molecular flexibility index (Phi) is 8.76. The van der Waals surface area contributed by atoms with Gasteiger partial charge in [-0.2, -0.15) is 0 Å². The molecule has 6 N–H and O–H groups in total. The van der Waals surface area contributed by atoms with E-state index in [1.807, 2.05) is 0 Å². The van der Waals surface area contributed by atoms with Crippen LogP contribution in [0.2, 0.25) is 0 Å². The fourth-order valence-electron chi connectivity index (χ4n) is 2.11. The van der Waals surface area contributed by atoms with E-state index < -0.39 is 41.8 Å². The van der Waals surface area contributed by atoms with Crippen LogP contribution in [0, 0.1) is 11.8 Å². The van der Waals surface area contributed by atoms with E-state index in [2.05, 4.69) is 0 Å². The number of aliphatic carboxylic acids is 4. The summed E-state index contributed by atoms with van der Waals surface area (Å²) in [5, 5.41) is 35.1. The van der Waals surface area contributed by atoms with Crippen LogP contribution in [0.1, 0.15) is 38.5 Å². The van der Waals surface area contributed by atoms with Crippen LogP contribution in [-0.4, -0.2) is 50.3 Å². The van der Waals surface area contributed by atoms with Gasteiger partial charge in [-0.05, 0) is 25.7 Å². The number of carbonyl (C=O) groups is 4. The normalized spacial score (nSPS) is 14.8. The van der Waals surface area contributed by atoms with Crippen molar-refractivity contribution in [3.8, 4) is 0 Å². The molecule has 0 fully saturated rings. The Morgan fingerprint density at radius 1 is 0.727 bits per heavy atom. The van der Waals surface area contributed by atoms with E-state index in [9.17, 15) is 19.2 Å². The van der Waals surface area contributed by atoms with Crippen molar-refractivity contribution in [3.63, 3.8) is 0 Å². The number of rotatable bonds is 12. The van der Waals surface area contributed by atoms with Gasteiger partial charge in [0.25, 0.3) is 0 Å². The van der Waals surface area contributed by atoms with Crippen molar-refractivity contribution in [3.05, 3.63) is 0 Å². The molecule has 0 amide bonds. The lowest BCUT2D eigenvalue weighted by Gasteiger charge is -2.20. The molecule has 9 nitrogen and oxygen atoms in total. The molecule has 0 heterocycles. The second-order valence-electron chi connectivity index (χ2n) is 5.17. The predicted octanol–water partition coefficient (Wildman–Crippen LogP) is 0.225. The number of hydrogen-bond acceptors (Lipinski definition) is 5. The first kappa shape index (κ1) is 19.8. The van der Waals surface area contributed by atoms with Crippen LogP contribution in [0.3, 0.4) is 0 Å². The highest BCUT2D eigenvalue weighted by atomic mass is 16.4. The van der Waals surface area contributed by atoms with Gasteiger partial charge in [0.05, 0.1) is 11.8 Å². The Morgan fingerprint density at radius 2 is 1.05 bits per heavy atom. The lowest BCUT2D eigenvalue weighted by atomic mass is 9.88. The number of nitrogens with two attached hydrogens (primary N) is 1. The van der Waals surface area contributed by atoms with Gasteiger partial charge < -0.3 is 26.2 Å². The van der Waals surface area contributed by atoms with Crippen LogP contribution >= 0.6 is 0 Å². The van der Waals surface area contributed by atoms with E-state index in [1.165, 1.54) is 0 Å². The van der Waals surface area contributed by atoms with E-state index in [0.717, 1.165) is 0 Å². The van der Waals surface area contributed by atoms with E-state index >= 15 is 0 Å². The van der Waals surface area contributed by atoms with Crippen molar-refractivity contribution < 1.29 is 39.6 Å². The fourth-order valence-corrected chi connectivity index (χ4v) is 2.11. The van der Waals surface area contributed by atoms with Gasteiger partial charge in [0.15, 0.2) is 0 Å². The minimum atomic E-state index is -1.19. The first-order valence-corrected chi connectivity index (χ1v) is 6.78. The monoisotopic (exact) mass is 319 g/mol. The van der Waals surface area contributed by atoms with Crippen molar-refractivity contribution in [1.29, 1.82) is 0 Å². The van der Waals surface area contributed by atoms with Gasteiger partial charge in [-0.1, -0.05) is 0 Å². The summed E-state index contributed by atoms with van der Waals surface area (Å²) in [6, 6.07) is -0.759. The summed E-state index contributed by atoms with van der Waals surface area (Å²) in [6.45, 7) is 0. The molecule has 9 heteroatoms. The van der Waals surface area contributed by atoms with Crippen molar-refractivity contribution in [2.45, 2.75) is 44.6 Å². The van der Waals surface area contributed by atoms with Crippen LogP contribution in [0.15, 0.2) is 0 Å². The number of carboxylic acids is 4. The quantitative estimate of drug-likeness (QED) is 0.337. The average Bonchev–Trinajstić information content (AvgIpc) is 2.38. The van der Waals surface area contributed by atoms with Crippen LogP contribution in [0.4, 0.5) is 0 Å². The smallest absolute Gasteiger partial charge is 0.306 e. The van der Waals surface area contributed by atoms with Gasteiger partial charge in [-0.15, -0.1) is 0 Å². The average molecular weight is 319 g/mol. The Balaban J connectivity index is 4.53. The van der Waals surface area contributed by atoms with E-state index in [1.54, 1.807) is 0 Å². The molecule has 0 spiro atoms. The van der Waals surface area contributed by atoms with E-state index in [0.29, 0.717) is 0 Å². The van der Waals surface area contributed by atoms with Gasteiger partial charge in [0, 0.05) is 18.9 Å². The zero-order valence-corrected chi connectivity index (χ0v) is 12.0.